The number of nitro benzene ring substituents is 1. The van der Waals surface area contributed by atoms with Crippen LogP contribution in [0.1, 0.15) is 10.4 Å². The number of esters is 1. The van der Waals surface area contributed by atoms with Gasteiger partial charge in [-0.05, 0) is 6.07 Å². The molecule has 1 rings (SSSR count). The summed E-state index contributed by atoms with van der Waals surface area (Å²) in [6.45, 7) is 0.720. The Morgan fingerprint density at radius 3 is 2.72 bits per heavy atom. The van der Waals surface area contributed by atoms with Gasteiger partial charge in [0.25, 0.3) is 5.69 Å². The Labute approximate surface area is 104 Å². The first kappa shape index (κ1) is 13.9. The summed E-state index contributed by atoms with van der Waals surface area (Å²) in [7, 11) is 2.74. The molecule has 1 aromatic carbocycles. The van der Waals surface area contributed by atoms with E-state index in [0.29, 0.717) is 13.2 Å². The second kappa shape index (κ2) is 6.55. The summed E-state index contributed by atoms with van der Waals surface area (Å²) in [5.74, 6) is -0.626. The SMILES string of the molecule is COCCNc1c(C(=O)OC)cccc1[N+](=O)[O-]. The molecule has 0 aliphatic carbocycles. The molecule has 1 aromatic rings. The molecule has 0 bridgehead atoms. The number of ether oxygens (including phenoxy) is 2. The Bertz CT molecular complexity index is 447. The zero-order chi connectivity index (χ0) is 13.5. The van der Waals surface area contributed by atoms with Crippen molar-refractivity contribution in [2.24, 2.45) is 0 Å². The molecule has 0 unspecified atom stereocenters. The lowest BCUT2D eigenvalue weighted by atomic mass is 10.1. The summed E-state index contributed by atoms with van der Waals surface area (Å²) in [6.07, 6.45) is 0. The van der Waals surface area contributed by atoms with Gasteiger partial charge in [-0.2, -0.15) is 0 Å². The molecule has 0 fully saturated rings. The maximum atomic E-state index is 11.5. The van der Waals surface area contributed by atoms with Crippen molar-refractivity contribution in [3.05, 3.63) is 33.9 Å². The van der Waals surface area contributed by atoms with Crippen molar-refractivity contribution >= 4 is 17.3 Å². The molecule has 18 heavy (non-hydrogen) atoms. The highest BCUT2D eigenvalue weighted by atomic mass is 16.6. The minimum absolute atomic E-state index is 0.128. The molecular formula is C11H14N2O5. The molecule has 0 atom stereocenters. The van der Waals surface area contributed by atoms with E-state index in [2.05, 4.69) is 10.1 Å². The van der Waals surface area contributed by atoms with Crippen LogP contribution in [0, 0.1) is 10.1 Å². The van der Waals surface area contributed by atoms with Gasteiger partial charge >= 0.3 is 5.97 Å². The van der Waals surface area contributed by atoms with E-state index in [1.165, 1.54) is 32.4 Å². The number of methoxy groups -OCH3 is 2. The van der Waals surface area contributed by atoms with Crippen LogP contribution in [0.3, 0.4) is 0 Å². The van der Waals surface area contributed by atoms with E-state index in [4.69, 9.17) is 4.74 Å². The highest BCUT2D eigenvalue weighted by Crippen LogP contribution is 2.28. The van der Waals surface area contributed by atoms with Gasteiger partial charge in [-0.15, -0.1) is 0 Å². The van der Waals surface area contributed by atoms with Crippen LogP contribution in [0.15, 0.2) is 18.2 Å². The summed E-state index contributed by atoms with van der Waals surface area (Å²) in [5, 5.41) is 13.7. The van der Waals surface area contributed by atoms with E-state index in [-0.39, 0.29) is 16.9 Å². The number of rotatable bonds is 6. The third kappa shape index (κ3) is 3.17. The number of para-hydroxylation sites is 1. The van der Waals surface area contributed by atoms with E-state index in [0.717, 1.165) is 0 Å². The molecule has 0 aliphatic rings. The van der Waals surface area contributed by atoms with Crippen LogP contribution >= 0.6 is 0 Å². The zero-order valence-corrected chi connectivity index (χ0v) is 10.1. The fourth-order valence-corrected chi connectivity index (χ4v) is 1.44. The van der Waals surface area contributed by atoms with Crippen LogP contribution < -0.4 is 5.32 Å². The first-order valence-corrected chi connectivity index (χ1v) is 5.20. The molecule has 0 aromatic heterocycles. The molecule has 7 nitrogen and oxygen atoms in total. The average Bonchev–Trinajstić information content (AvgIpc) is 2.38. The topological polar surface area (TPSA) is 90.7 Å². The first-order valence-electron chi connectivity index (χ1n) is 5.20. The van der Waals surface area contributed by atoms with Crippen molar-refractivity contribution in [3.8, 4) is 0 Å². The number of nitro groups is 1. The standard InChI is InChI=1S/C11H14N2O5/c1-17-7-6-12-10-8(11(14)18-2)4-3-5-9(10)13(15)16/h3-5,12H,6-7H2,1-2H3. The number of carbonyl (C=O) groups excluding carboxylic acids is 1. The van der Waals surface area contributed by atoms with Crippen molar-refractivity contribution < 1.29 is 19.2 Å². The van der Waals surface area contributed by atoms with E-state index in [1.807, 2.05) is 0 Å². The highest BCUT2D eigenvalue weighted by molar-refractivity contribution is 5.98. The Kier molecular flexibility index (Phi) is 5.06. The molecule has 0 spiro atoms. The number of hydrogen-bond acceptors (Lipinski definition) is 6. The Morgan fingerprint density at radius 1 is 1.44 bits per heavy atom. The minimum atomic E-state index is -0.626. The van der Waals surface area contributed by atoms with Crippen molar-refractivity contribution in [1.82, 2.24) is 0 Å². The lowest BCUT2D eigenvalue weighted by Crippen LogP contribution is -2.14. The fourth-order valence-electron chi connectivity index (χ4n) is 1.44. The van der Waals surface area contributed by atoms with E-state index >= 15 is 0 Å². The summed E-state index contributed by atoms with van der Waals surface area (Å²) < 4.78 is 9.43. The summed E-state index contributed by atoms with van der Waals surface area (Å²) in [6, 6.07) is 4.22. The Hall–Kier alpha value is -2.15. The van der Waals surface area contributed by atoms with Crippen LogP contribution in [0.4, 0.5) is 11.4 Å². The number of hydrogen-bond donors (Lipinski definition) is 1. The lowest BCUT2D eigenvalue weighted by Gasteiger charge is -2.10. The number of anilines is 1. The summed E-state index contributed by atoms with van der Waals surface area (Å²) in [4.78, 5) is 21.9. The maximum Gasteiger partial charge on any atom is 0.340 e. The van der Waals surface area contributed by atoms with Crippen molar-refractivity contribution in [1.29, 1.82) is 0 Å². The monoisotopic (exact) mass is 254 g/mol. The fraction of sp³-hybridized carbons (Fsp3) is 0.364. The maximum absolute atomic E-state index is 11.5. The van der Waals surface area contributed by atoms with Crippen molar-refractivity contribution in [3.63, 3.8) is 0 Å². The van der Waals surface area contributed by atoms with Gasteiger partial charge in [0.2, 0.25) is 0 Å². The van der Waals surface area contributed by atoms with E-state index in [9.17, 15) is 14.9 Å². The number of benzene rings is 1. The predicted octanol–water partition coefficient (Wildman–Crippen LogP) is 1.44. The van der Waals surface area contributed by atoms with Gasteiger partial charge in [0, 0.05) is 19.7 Å². The lowest BCUT2D eigenvalue weighted by molar-refractivity contribution is -0.384. The van der Waals surface area contributed by atoms with Crippen LogP contribution in [-0.2, 0) is 9.47 Å². The quantitative estimate of drug-likeness (QED) is 0.357. The van der Waals surface area contributed by atoms with Gasteiger partial charge in [-0.25, -0.2) is 4.79 Å². The van der Waals surface area contributed by atoms with Gasteiger partial charge in [0.05, 0.1) is 24.2 Å². The normalized spacial score (nSPS) is 9.89. The van der Waals surface area contributed by atoms with Gasteiger partial charge in [0.1, 0.15) is 5.69 Å². The molecule has 0 aliphatic heterocycles. The van der Waals surface area contributed by atoms with E-state index < -0.39 is 10.9 Å². The molecular weight excluding hydrogens is 240 g/mol. The van der Waals surface area contributed by atoms with Gasteiger partial charge < -0.3 is 14.8 Å². The number of carbonyl (C=O) groups is 1. The van der Waals surface area contributed by atoms with Crippen LogP contribution in [0.2, 0.25) is 0 Å². The zero-order valence-electron chi connectivity index (χ0n) is 10.1. The molecule has 0 amide bonds. The van der Waals surface area contributed by atoms with Gasteiger partial charge in [0.15, 0.2) is 0 Å². The average molecular weight is 254 g/mol. The van der Waals surface area contributed by atoms with Crippen molar-refractivity contribution in [2.75, 3.05) is 32.7 Å². The number of nitrogens with one attached hydrogen (secondary N) is 1. The Balaban J connectivity index is 3.12. The van der Waals surface area contributed by atoms with Gasteiger partial charge in [-0.3, -0.25) is 10.1 Å². The second-order valence-electron chi connectivity index (χ2n) is 3.37. The van der Waals surface area contributed by atoms with Crippen LogP contribution in [-0.4, -0.2) is 38.3 Å². The van der Waals surface area contributed by atoms with Crippen LogP contribution in [0.25, 0.3) is 0 Å². The molecule has 7 heteroatoms. The van der Waals surface area contributed by atoms with Crippen LogP contribution in [0.5, 0.6) is 0 Å². The molecule has 0 heterocycles. The third-order valence-electron chi connectivity index (χ3n) is 2.25. The summed E-state index contributed by atoms with van der Waals surface area (Å²) >= 11 is 0. The molecule has 1 N–H and O–H groups in total. The second-order valence-corrected chi connectivity index (χ2v) is 3.37. The predicted molar refractivity (Wildman–Crippen MR) is 64.8 cm³/mol. The largest absolute Gasteiger partial charge is 0.465 e. The van der Waals surface area contributed by atoms with E-state index in [1.54, 1.807) is 0 Å². The highest BCUT2D eigenvalue weighted by Gasteiger charge is 2.21. The van der Waals surface area contributed by atoms with Gasteiger partial charge in [-0.1, -0.05) is 6.07 Å². The number of nitrogens with zero attached hydrogens (tertiary/aromatic N) is 1. The minimum Gasteiger partial charge on any atom is -0.465 e. The molecule has 0 radical (unpaired) electrons. The first-order chi connectivity index (χ1) is 8.61. The van der Waals surface area contributed by atoms with Crippen molar-refractivity contribution in [2.45, 2.75) is 0 Å². The molecule has 98 valence electrons. The molecule has 0 saturated carbocycles. The summed E-state index contributed by atoms with van der Waals surface area (Å²) in [5.41, 5.74) is 0.100. The smallest absolute Gasteiger partial charge is 0.340 e. The Morgan fingerprint density at radius 2 is 2.17 bits per heavy atom. The molecule has 0 saturated heterocycles. The third-order valence-corrected chi connectivity index (χ3v) is 2.25.